The summed E-state index contributed by atoms with van der Waals surface area (Å²) in [7, 11) is 1.72. The molecule has 0 atom stereocenters. The predicted molar refractivity (Wildman–Crippen MR) is 66.5 cm³/mol. The number of hydrogen-bond donors (Lipinski definition) is 1. The summed E-state index contributed by atoms with van der Waals surface area (Å²) in [5, 5.41) is 0. The van der Waals surface area contributed by atoms with Gasteiger partial charge < -0.3 is 10.6 Å². The van der Waals surface area contributed by atoms with E-state index >= 15 is 0 Å². The molecule has 4 nitrogen and oxygen atoms in total. The predicted octanol–water partition coefficient (Wildman–Crippen LogP) is 0.972. The molecule has 0 aromatic heterocycles. The van der Waals surface area contributed by atoms with Gasteiger partial charge in [-0.25, -0.2) is 0 Å². The average Bonchev–Trinajstić information content (AvgIpc) is 2.30. The number of rotatable bonds is 5. The van der Waals surface area contributed by atoms with Crippen LogP contribution in [0.15, 0.2) is 36.9 Å². The van der Waals surface area contributed by atoms with Crippen molar-refractivity contribution in [3.63, 3.8) is 0 Å². The Hall–Kier alpha value is -2.10. The number of carbonyl (C=O) groups is 2. The van der Waals surface area contributed by atoms with E-state index in [0.29, 0.717) is 18.5 Å². The van der Waals surface area contributed by atoms with Crippen molar-refractivity contribution in [3.05, 3.63) is 48.0 Å². The van der Waals surface area contributed by atoms with Gasteiger partial charge >= 0.3 is 0 Å². The number of likely N-dealkylation sites (N-methyl/N-ethyl adjacent to an activating group) is 1. The molecule has 0 heterocycles. The van der Waals surface area contributed by atoms with Gasteiger partial charge in [0, 0.05) is 19.2 Å². The van der Waals surface area contributed by atoms with Gasteiger partial charge in [0.15, 0.2) is 0 Å². The van der Waals surface area contributed by atoms with E-state index in [9.17, 15) is 9.59 Å². The van der Waals surface area contributed by atoms with Gasteiger partial charge in [-0.1, -0.05) is 18.2 Å². The van der Waals surface area contributed by atoms with Crippen LogP contribution < -0.4 is 5.73 Å². The fourth-order valence-electron chi connectivity index (χ4n) is 1.39. The number of primary amides is 1. The molecule has 0 saturated heterocycles. The Balaban J connectivity index is 2.66. The number of hydrogen-bond acceptors (Lipinski definition) is 2. The molecule has 0 unspecified atom stereocenters. The van der Waals surface area contributed by atoms with E-state index in [1.54, 1.807) is 42.3 Å². The second-order valence-corrected chi connectivity index (χ2v) is 3.80. The summed E-state index contributed by atoms with van der Waals surface area (Å²) in [5.74, 6) is -0.455. The summed E-state index contributed by atoms with van der Waals surface area (Å²) in [4.78, 5) is 24.2. The van der Waals surface area contributed by atoms with Crippen LogP contribution in [0, 0.1) is 0 Å². The monoisotopic (exact) mass is 232 g/mol. The van der Waals surface area contributed by atoms with Gasteiger partial charge in [0.1, 0.15) is 0 Å². The molecule has 2 N–H and O–H groups in total. The highest BCUT2D eigenvalue weighted by Gasteiger charge is 2.08. The summed E-state index contributed by atoms with van der Waals surface area (Å²) >= 11 is 0. The molecule has 2 amide bonds. The van der Waals surface area contributed by atoms with Crippen LogP contribution in [-0.2, 0) is 11.2 Å². The molecule has 1 aromatic carbocycles. The molecular formula is C13H16N2O2. The minimum atomic E-state index is -0.466. The zero-order valence-electron chi connectivity index (χ0n) is 9.85. The summed E-state index contributed by atoms with van der Waals surface area (Å²) in [5.41, 5.74) is 6.43. The molecule has 0 radical (unpaired) electrons. The summed E-state index contributed by atoms with van der Waals surface area (Å²) in [6.45, 7) is 4.10. The molecule has 0 aliphatic carbocycles. The smallest absolute Gasteiger partial charge is 0.248 e. The molecule has 1 rings (SSSR count). The fraction of sp³-hybridized carbons (Fsp3) is 0.231. The Labute approximate surface area is 101 Å². The maximum atomic E-state index is 11.7. The van der Waals surface area contributed by atoms with E-state index in [1.807, 2.05) is 0 Å². The molecule has 0 aliphatic rings. The molecule has 0 aliphatic heterocycles. The Morgan fingerprint density at radius 2 is 1.94 bits per heavy atom. The third-order valence-electron chi connectivity index (χ3n) is 2.42. The highest BCUT2D eigenvalue weighted by molar-refractivity contribution is 5.92. The second kappa shape index (κ2) is 5.84. The van der Waals surface area contributed by atoms with E-state index in [2.05, 4.69) is 6.58 Å². The number of carbonyl (C=O) groups excluding carboxylic acids is 2. The van der Waals surface area contributed by atoms with Crippen LogP contribution in [0.2, 0.25) is 0 Å². The molecule has 0 fully saturated rings. The van der Waals surface area contributed by atoms with Gasteiger partial charge in [-0.3, -0.25) is 9.59 Å². The van der Waals surface area contributed by atoms with Crippen LogP contribution in [0.25, 0.3) is 0 Å². The van der Waals surface area contributed by atoms with Gasteiger partial charge in [0.05, 0.1) is 6.42 Å². The van der Waals surface area contributed by atoms with Crippen LogP contribution in [0.1, 0.15) is 15.9 Å². The lowest BCUT2D eigenvalue weighted by atomic mass is 10.1. The minimum absolute atomic E-state index is 0.0109. The van der Waals surface area contributed by atoms with Crippen molar-refractivity contribution < 1.29 is 9.59 Å². The molecular weight excluding hydrogens is 216 g/mol. The van der Waals surface area contributed by atoms with Crippen molar-refractivity contribution >= 4 is 11.8 Å². The zero-order chi connectivity index (χ0) is 12.8. The first-order chi connectivity index (χ1) is 8.04. The topological polar surface area (TPSA) is 63.4 Å². The second-order valence-electron chi connectivity index (χ2n) is 3.80. The van der Waals surface area contributed by atoms with Gasteiger partial charge in [-0.15, -0.1) is 6.58 Å². The van der Waals surface area contributed by atoms with Gasteiger partial charge in [-0.2, -0.15) is 0 Å². The number of nitrogens with zero attached hydrogens (tertiary/aromatic N) is 1. The van der Waals surface area contributed by atoms with Crippen LogP contribution in [0.4, 0.5) is 0 Å². The normalized spacial score (nSPS) is 9.71. The third kappa shape index (κ3) is 3.75. The van der Waals surface area contributed by atoms with Crippen LogP contribution >= 0.6 is 0 Å². The minimum Gasteiger partial charge on any atom is -0.366 e. The molecule has 0 saturated carbocycles. The van der Waals surface area contributed by atoms with E-state index in [0.717, 1.165) is 5.56 Å². The standard InChI is InChI=1S/C13H16N2O2/c1-3-8-15(2)12(16)9-10-4-6-11(7-5-10)13(14)17/h3-7H,1,8-9H2,2H3,(H2,14,17). The van der Waals surface area contributed by atoms with Gasteiger partial charge in [-0.05, 0) is 17.7 Å². The van der Waals surface area contributed by atoms with E-state index in [-0.39, 0.29) is 5.91 Å². The van der Waals surface area contributed by atoms with Gasteiger partial charge in [0.2, 0.25) is 11.8 Å². The Morgan fingerprint density at radius 1 is 1.35 bits per heavy atom. The molecule has 0 bridgehead atoms. The summed E-state index contributed by atoms with van der Waals surface area (Å²) < 4.78 is 0. The van der Waals surface area contributed by atoms with Crippen molar-refractivity contribution in [2.24, 2.45) is 5.73 Å². The number of nitrogens with two attached hydrogens (primary N) is 1. The molecule has 4 heteroatoms. The maximum Gasteiger partial charge on any atom is 0.248 e. The lowest BCUT2D eigenvalue weighted by Gasteiger charge is -2.14. The quantitative estimate of drug-likeness (QED) is 0.769. The number of amides is 2. The molecule has 0 spiro atoms. The summed E-state index contributed by atoms with van der Waals surface area (Å²) in [6, 6.07) is 6.72. The first-order valence-electron chi connectivity index (χ1n) is 5.28. The SMILES string of the molecule is C=CCN(C)C(=O)Cc1ccc(C(N)=O)cc1. The highest BCUT2D eigenvalue weighted by Crippen LogP contribution is 2.06. The van der Waals surface area contributed by atoms with Crippen LogP contribution in [0.5, 0.6) is 0 Å². The molecule has 17 heavy (non-hydrogen) atoms. The lowest BCUT2D eigenvalue weighted by molar-refractivity contribution is -0.128. The Kier molecular flexibility index (Phi) is 4.46. The molecule has 90 valence electrons. The number of benzene rings is 1. The first kappa shape index (κ1) is 13.0. The van der Waals surface area contributed by atoms with Crippen molar-refractivity contribution in [2.75, 3.05) is 13.6 Å². The largest absolute Gasteiger partial charge is 0.366 e. The van der Waals surface area contributed by atoms with E-state index in [4.69, 9.17) is 5.73 Å². The van der Waals surface area contributed by atoms with E-state index < -0.39 is 5.91 Å². The van der Waals surface area contributed by atoms with Crippen LogP contribution in [0.3, 0.4) is 0 Å². The zero-order valence-corrected chi connectivity index (χ0v) is 9.85. The highest BCUT2D eigenvalue weighted by atomic mass is 16.2. The fourth-order valence-corrected chi connectivity index (χ4v) is 1.39. The van der Waals surface area contributed by atoms with Crippen molar-refractivity contribution in [1.82, 2.24) is 4.90 Å². The van der Waals surface area contributed by atoms with Crippen molar-refractivity contribution in [2.45, 2.75) is 6.42 Å². The molecule has 1 aromatic rings. The maximum absolute atomic E-state index is 11.7. The summed E-state index contributed by atoms with van der Waals surface area (Å²) in [6.07, 6.45) is 1.98. The van der Waals surface area contributed by atoms with Gasteiger partial charge in [0.25, 0.3) is 0 Å². The van der Waals surface area contributed by atoms with Crippen LogP contribution in [-0.4, -0.2) is 30.3 Å². The third-order valence-corrected chi connectivity index (χ3v) is 2.42. The average molecular weight is 232 g/mol. The van der Waals surface area contributed by atoms with Crippen molar-refractivity contribution in [1.29, 1.82) is 0 Å². The van der Waals surface area contributed by atoms with E-state index in [1.165, 1.54) is 0 Å². The Bertz CT molecular complexity index is 424. The first-order valence-corrected chi connectivity index (χ1v) is 5.28. The van der Waals surface area contributed by atoms with Crippen molar-refractivity contribution in [3.8, 4) is 0 Å². The lowest BCUT2D eigenvalue weighted by Crippen LogP contribution is -2.28. The Morgan fingerprint density at radius 3 is 2.41 bits per heavy atom.